The molecule has 5 nitrogen and oxygen atoms in total. The third-order valence-corrected chi connectivity index (χ3v) is 5.48. The van der Waals surface area contributed by atoms with E-state index >= 15 is 0 Å². The Morgan fingerprint density at radius 2 is 1.88 bits per heavy atom. The fraction of sp³-hybridized carbons (Fsp3) is 0.440. The van der Waals surface area contributed by atoms with E-state index in [1.54, 1.807) is 12.1 Å². The zero-order valence-electron chi connectivity index (χ0n) is 18.7. The number of hydrogen-bond donors (Lipinski definition) is 2. The van der Waals surface area contributed by atoms with E-state index in [2.05, 4.69) is 22.8 Å². The average molecular weight is 552 g/mol. The molecule has 2 aromatic rings. The van der Waals surface area contributed by atoms with Gasteiger partial charge >= 0.3 is 0 Å². The molecule has 2 N–H and O–H groups in total. The lowest BCUT2D eigenvalue weighted by atomic mass is 10.1. The summed E-state index contributed by atoms with van der Waals surface area (Å²) in [7, 11) is 0. The summed E-state index contributed by atoms with van der Waals surface area (Å²) in [4.78, 5) is 19.0. The van der Waals surface area contributed by atoms with Gasteiger partial charge in [0, 0.05) is 45.1 Å². The monoisotopic (exact) mass is 552 g/mol. The van der Waals surface area contributed by atoms with Crippen LogP contribution in [-0.4, -0.2) is 49.5 Å². The number of benzene rings is 2. The number of amides is 1. The summed E-state index contributed by atoms with van der Waals surface area (Å²) < 4.78 is 13.3. The van der Waals surface area contributed by atoms with Crippen molar-refractivity contribution in [2.75, 3.05) is 32.7 Å². The minimum Gasteiger partial charge on any atom is -0.357 e. The van der Waals surface area contributed by atoms with E-state index in [4.69, 9.17) is 4.99 Å². The molecule has 32 heavy (non-hydrogen) atoms. The summed E-state index contributed by atoms with van der Waals surface area (Å²) in [6.07, 6.45) is 3.16. The lowest BCUT2D eigenvalue weighted by molar-refractivity contribution is -0.127. The number of carbonyl (C=O) groups excluding carboxylic acids is 1. The quantitative estimate of drug-likeness (QED) is 0.203. The molecule has 1 aliphatic heterocycles. The second-order valence-electron chi connectivity index (χ2n) is 8.03. The fourth-order valence-corrected chi connectivity index (χ4v) is 3.86. The van der Waals surface area contributed by atoms with Crippen LogP contribution in [0.1, 0.15) is 30.9 Å². The molecule has 3 rings (SSSR count). The number of nitrogens with one attached hydrogen (secondary N) is 2. The van der Waals surface area contributed by atoms with E-state index in [0.717, 1.165) is 57.0 Å². The molecule has 7 heteroatoms. The number of carbonyl (C=O) groups is 1. The molecular formula is C25H34FIN4O. The Morgan fingerprint density at radius 1 is 1.09 bits per heavy atom. The smallest absolute Gasteiger partial charge is 0.223 e. The number of likely N-dealkylation sites (tertiary alicyclic amines) is 1. The van der Waals surface area contributed by atoms with Gasteiger partial charge in [-0.2, -0.15) is 0 Å². The van der Waals surface area contributed by atoms with Crippen LogP contribution in [-0.2, 0) is 17.6 Å². The van der Waals surface area contributed by atoms with Crippen molar-refractivity contribution in [3.05, 3.63) is 71.5 Å². The normalized spacial score (nSPS) is 16.1. The van der Waals surface area contributed by atoms with Crippen molar-refractivity contribution < 1.29 is 9.18 Å². The maximum Gasteiger partial charge on any atom is 0.223 e. The molecule has 0 spiro atoms. The first kappa shape index (κ1) is 26.1. The third kappa shape index (κ3) is 8.76. The molecule has 0 bridgehead atoms. The number of nitrogens with zero attached hydrogens (tertiary/aromatic N) is 2. The topological polar surface area (TPSA) is 56.7 Å². The average Bonchev–Trinajstić information content (AvgIpc) is 3.13. The fourth-order valence-electron chi connectivity index (χ4n) is 3.86. The number of guanidine groups is 1. The zero-order chi connectivity index (χ0) is 21.9. The van der Waals surface area contributed by atoms with Gasteiger partial charge in [0.15, 0.2) is 5.96 Å². The van der Waals surface area contributed by atoms with Crippen LogP contribution in [0.2, 0.25) is 0 Å². The molecule has 1 fully saturated rings. The molecule has 1 unspecified atom stereocenters. The number of halogens is 2. The molecule has 174 valence electrons. The highest BCUT2D eigenvalue weighted by atomic mass is 127. The summed E-state index contributed by atoms with van der Waals surface area (Å²) in [6.45, 7) is 5.74. The van der Waals surface area contributed by atoms with E-state index in [0.29, 0.717) is 13.0 Å². The SMILES string of the molecule is CCNC(=NCC1CC(=O)N(CCc2ccccc2)C1)NCCCc1cccc(F)c1.I. The predicted octanol–water partition coefficient (Wildman–Crippen LogP) is 4.02. The van der Waals surface area contributed by atoms with Crippen molar-refractivity contribution in [2.45, 2.75) is 32.6 Å². The summed E-state index contributed by atoms with van der Waals surface area (Å²) in [5.74, 6) is 1.07. The molecule has 0 saturated carbocycles. The molecule has 0 aromatic heterocycles. The Hall–Kier alpha value is -2.16. The number of aryl methyl sites for hydroxylation is 1. The standard InChI is InChI=1S/C25H33FN4O.HI/c1-2-27-25(28-14-7-11-21-10-6-12-23(26)16-21)29-18-22-17-24(31)30(19-22)15-13-20-8-4-3-5-9-20;/h3-6,8-10,12,16,22H,2,7,11,13-15,17-19H2,1H3,(H2,27,28,29);1H. The molecule has 1 atom stereocenters. The molecule has 0 aliphatic carbocycles. The Labute approximate surface area is 207 Å². The van der Waals surface area contributed by atoms with Crippen LogP contribution in [0, 0.1) is 11.7 Å². The third-order valence-electron chi connectivity index (χ3n) is 5.48. The van der Waals surface area contributed by atoms with Crippen LogP contribution in [0.4, 0.5) is 4.39 Å². The van der Waals surface area contributed by atoms with Crippen LogP contribution < -0.4 is 10.6 Å². The Bertz CT molecular complexity index is 862. The molecule has 0 radical (unpaired) electrons. The summed E-state index contributed by atoms with van der Waals surface area (Å²) in [6, 6.07) is 17.0. The highest BCUT2D eigenvalue weighted by molar-refractivity contribution is 14.0. The summed E-state index contributed by atoms with van der Waals surface area (Å²) in [5.41, 5.74) is 2.26. The number of hydrogen-bond acceptors (Lipinski definition) is 2. The Morgan fingerprint density at radius 3 is 2.62 bits per heavy atom. The minimum atomic E-state index is -0.190. The highest BCUT2D eigenvalue weighted by Crippen LogP contribution is 2.18. The second-order valence-corrected chi connectivity index (χ2v) is 8.03. The summed E-state index contributed by atoms with van der Waals surface area (Å²) >= 11 is 0. The van der Waals surface area contributed by atoms with Gasteiger partial charge in [0.1, 0.15) is 5.82 Å². The molecule has 1 aliphatic rings. The van der Waals surface area contributed by atoms with Gasteiger partial charge in [0.25, 0.3) is 0 Å². The lowest BCUT2D eigenvalue weighted by Gasteiger charge is -2.16. The predicted molar refractivity (Wildman–Crippen MR) is 139 cm³/mol. The van der Waals surface area contributed by atoms with E-state index < -0.39 is 0 Å². The molecule has 1 heterocycles. The lowest BCUT2D eigenvalue weighted by Crippen LogP contribution is -2.38. The zero-order valence-corrected chi connectivity index (χ0v) is 21.1. The minimum absolute atomic E-state index is 0. The Kier molecular flexibility index (Phi) is 11.5. The van der Waals surface area contributed by atoms with E-state index in [9.17, 15) is 9.18 Å². The van der Waals surface area contributed by atoms with E-state index in [1.165, 1.54) is 11.6 Å². The number of rotatable bonds is 10. The van der Waals surface area contributed by atoms with Crippen LogP contribution >= 0.6 is 24.0 Å². The van der Waals surface area contributed by atoms with E-state index in [-0.39, 0.29) is 41.6 Å². The van der Waals surface area contributed by atoms with Crippen LogP contribution in [0.5, 0.6) is 0 Å². The summed E-state index contributed by atoms with van der Waals surface area (Å²) in [5, 5.41) is 6.61. The highest BCUT2D eigenvalue weighted by Gasteiger charge is 2.28. The van der Waals surface area contributed by atoms with Crippen molar-refractivity contribution >= 4 is 35.8 Å². The maximum absolute atomic E-state index is 13.3. The first-order valence-electron chi connectivity index (χ1n) is 11.2. The van der Waals surface area contributed by atoms with Gasteiger partial charge < -0.3 is 15.5 Å². The molecule has 1 amide bonds. The first-order valence-corrected chi connectivity index (χ1v) is 11.2. The van der Waals surface area contributed by atoms with Gasteiger partial charge in [-0.3, -0.25) is 9.79 Å². The first-order chi connectivity index (χ1) is 15.1. The van der Waals surface area contributed by atoms with Gasteiger partial charge in [0.2, 0.25) is 5.91 Å². The van der Waals surface area contributed by atoms with Crippen molar-refractivity contribution in [2.24, 2.45) is 10.9 Å². The van der Waals surface area contributed by atoms with Gasteiger partial charge in [-0.1, -0.05) is 42.5 Å². The van der Waals surface area contributed by atoms with Crippen molar-refractivity contribution in [3.63, 3.8) is 0 Å². The van der Waals surface area contributed by atoms with Gasteiger partial charge in [-0.15, -0.1) is 24.0 Å². The molecular weight excluding hydrogens is 518 g/mol. The molecule has 1 saturated heterocycles. The van der Waals surface area contributed by atoms with Crippen LogP contribution in [0.15, 0.2) is 59.6 Å². The Balaban J connectivity index is 0.00000363. The van der Waals surface area contributed by atoms with Crippen molar-refractivity contribution in [3.8, 4) is 0 Å². The van der Waals surface area contributed by atoms with Gasteiger partial charge in [0.05, 0.1) is 0 Å². The van der Waals surface area contributed by atoms with E-state index in [1.807, 2.05) is 36.1 Å². The second kappa shape index (κ2) is 14.1. The van der Waals surface area contributed by atoms with Crippen molar-refractivity contribution in [1.82, 2.24) is 15.5 Å². The number of aliphatic imine (C=N–C) groups is 1. The van der Waals surface area contributed by atoms with Crippen LogP contribution in [0.25, 0.3) is 0 Å². The van der Waals surface area contributed by atoms with Crippen molar-refractivity contribution in [1.29, 1.82) is 0 Å². The van der Waals surface area contributed by atoms with Gasteiger partial charge in [-0.05, 0) is 49.4 Å². The van der Waals surface area contributed by atoms with Crippen LogP contribution in [0.3, 0.4) is 0 Å². The van der Waals surface area contributed by atoms with Gasteiger partial charge in [-0.25, -0.2) is 4.39 Å². The largest absolute Gasteiger partial charge is 0.357 e. The maximum atomic E-state index is 13.3. The molecule has 2 aromatic carbocycles.